The molecule has 0 atom stereocenters. The molecule has 1 aromatic carbocycles. The van der Waals surface area contributed by atoms with Gasteiger partial charge in [-0.25, -0.2) is 4.68 Å². The van der Waals surface area contributed by atoms with E-state index < -0.39 is 0 Å². The van der Waals surface area contributed by atoms with Crippen molar-refractivity contribution >= 4 is 27.5 Å². The van der Waals surface area contributed by atoms with Crippen LogP contribution in [0.4, 0.5) is 0 Å². The van der Waals surface area contributed by atoms with Gasteiger partial charge in [0.1, 0.15) is 5.75 Å². The average Bonchev–Trinajstić information content (AvgIpc) is 2.43. The van der Waals surface area contributed by atoms with Gasteiger partial charge >= 0.3 is 6.01 Å². The molecule has 0 spiro atoms. The topological polar surface area (TPSA) is 39.9 Å². The Kier molecular flexibility index (Phi) is 3.16. The van der Waals surface area contributed by atoms with E-state index in [-0.39, 0.29) is 0 Å². The highest BCUT2D eigenvalue weighted by molar-refractivity contribution is 9.10. The Labute approximate surface area is 106 Å². The summed E-state index contributed by atoms with van der Waals surface area (Å²) in [6.07, 6.45) is 0. The molecule has 2 rings (SSSR count). The second kappa shape index (κ2) is 4.43. The first-order valence-corrected chi connectivity index (χ1v) is 5.73. The Morgan fingerprint density at radius 1 is 1.38 bits per heavy atom. The number of hydrogen-bond acceptors (Lipinski definition) is 3. The molecule has 0 amide bonds. The van der Waals surface area contributed by atoms with Crippen LogP contribution >= 0.6 is 27.5 Å². The molecular formula is C10H9BrClN3O. The average molecular weight is 303 g/mol. The van der Waals surface area contributed by atoms with Crippen LogP contribution in [0.2, 0.25) is 5.02 Å². The lowest BCUT2D eigenvalue weighted by molar-refractivity contribution is 0.414. The van der Waals surface area contributed by atoms with Gasteiger partial charge in [0.2, 0.25) is 4.73 Å². The number of aryl methyl sites for hydroxylation is 2. The maximum atomic E-state index is 5.93. The molecule has 0 aliphatic rings. The largest absolute Gasteiger partial charge is 0.424 e. The van der Waals surface area contributed by atoms with Gasteiger partial charge in [-0.3, -0.25) is 0 Å². The molecule has 2 aromatic rings. The van der Waals surface area contributed by atoms with E-state index in [1.807, 2.05) is 19.1 Å². The monoisotopic (exact) mass is 301 g/mol. The van der Waals surface area contributed by atoms with Gasteiger partial charge in [-0.1, -0.05) is 11.6 Å². The van der Waals surface area contributed by atoms with Crippen molar-refractivity contribution in [3.05, 3.63) is 33.5 Å². The second-order valence-electron chi connectivity index (χ2n) is 3.35. The number of nitrogens with zero attached hydrogens (tertiary/aromatic N) is 3. The zero-order chi connectivity index (χ0) is 11.7. The van der Waals surface area contributed by atoms with Crippen molar-refractivity contribution in [3.8, 4) is 11.8 Å². The van der Waals surface area contributed by atoms with Gasteiger partial charge < -0.3 is 4.74 Å². The van der Waals surface area contributed by atoms with Crippen LogP contribution in [0.15, 0.2) is 22.9 Å². The molecule has 0 aliphatic carbocycles. The van der Waals surface area contributed by atoms with Crippen molar-refractivity contribution in [3.63, 3.8) is 0 Å². The molecule has 0 N–H and O–H groups in total. The number of rotatable bonds is 2. The number of hydrogen-bond donors (Lipinski definition) is 0. The highest BCUT2D eigenvalue weighted by Gasteiger charge is 2.07. The van der Waals surface area contributed by atoms with Gasteiger partial charge in [0.15, 0.2) is 0 Å². The van der Waals surface area contributed by atoms with Crippen molar-refractivity contribution in [2.75, 3.05) is 0 Å². The lowest BCUT2D eigenvalue weighted by Crippen LogP contribution is -1.96. The fourth-order valence-electron chi connectivity index (χ4n) is 1.30. The van der Waals surface area contributed by atoms with Crippen LogP contribution in [0.25, 0.3) is 0 Å². The van der Waals surface area contributed by atoms with Gasteiger partial charge in [-0.05, 0) is 46.6 Å². The molecule has 0 unspecified atom stereocenters. The van der Waals surface area contributed by atoms with Crippen LogP contribution in [-0.4, -0.2) is 14.8 Å². The van der Waals surface area contributed by atoms with Crippen molar-refractivity contribution in [2.45, 2.75) is 6.92 Å². The van der Waals surface area contributed by atoms with E-state index in [1.54, 1.807) is 17.8 Å². The maximum Gasteiger partial charge on any atom is 0.321 e. The molecule has 1 heterocycles. The summed E-state index contributed by atoms with van der Waals surface area (Å²) in [4.78, 5) is 4.07. The zero-order valence-corrected chi connectivity index (χ0v) is 11.1. The van der Waals surface area contributed by atoms with Gasteiger partial charge in [-0.15, -0.1) is 5.10 Å². The van der Waals surface area contributed by atoms with Gasteiger partial charge in [0.25, 0.3) is 0 Å². The number of halogens is 2. The van der Waals surface area contributed by atoms with Crippen molar-refractivity contribution in [2.24, 2.45) is 7.05 Å². The van der Waals surface area contributed by atoms with E-state index >= 15 is 0 Å². The molecule has 6 heteroatoms. The maximum absolute atomic E-state index is 5.93. The van der Waals surface area contributed by atoms with E-state index in [0.717, 1.165) is 5.56 Å². The standard InChI is InChI=1S/C10H9BrClN3O/c1-6-3-7(12)5-8(4-6)16-10-13-9(11)14-15(10)2/h3-5H,1-2H3. The molecule has 84 valence electrons. The van der Waals surface area contributed by atoms with Crippen molar-refractivity contribution in [1.29, 1.82) is 0 Å². The summed E-state index contributed by atoms with van der Waals surface area (Å²) in [5.41, 5.74) is 1.03. The van der Waals surface area contributed by atoms with Crippen molar-refractivity contribution in [1.82, 2.24) is 14.8 Å². The first-order valence-electron chi connectivity index (χ1n) is 4.56. The SMILES string of the molecule is Cc1cc(Cl)cc(Oc2nc(Br)nn2C)c1. The van der Waals surface area contributed by atoms with Crippen LogP contribution in [0, 0.1) is 6.92 Å². The molecule has 0 radical (unpaired) electrons. The molecule has 0 bridgehead atoms. The molecule has 0 saturated heterocycles. The highest BCUT2D eigenvalue weighted by Crippen LogP contribution is 2.25. The minimum Gasteiger partial charge on any atom is -0.424 e. The lowest BCUT2D eigenvalue weighted by atomic mass is 10.2. The number of ether oxygens (including phenoxy) is 1. The van der Waals surface area contributed by atoms with Crippen LogP contribution in [0.5, 0.6) is 11.8 Å². The Balaban J connectivity index is 2.30. The highest BCUT2D eigenvalue weighted by atomic mass is 79.9. The van der Waals surface area contributed by atoms with E-state index in [0.29, 0.717) is 21.5 Å². The summed E-state index contributed by atoms with van der Waals surface area (Å²) in [6.45, 7) is 1.95. The minimum absolute atomic E-state index is 0.411. The second-order valence-corrected chi connectivity index (χ2v) is 4.50. The molecule has 0 fully saturated rings. The number of benzene rings is 1. The molecule has 0 aliphatic heterocycles. The van der Waals surface area contributed by atoms with Crippen LogP contribution < -0.4 is 4.74 Å². The summed E-state index contributed by atoms with van der Waals surface area (Å²) < 4.78 is 7.60. The van der Waals surface area contributed by atoms with Gasteiger partial charge in [0, 0.05) is 12.1 Å². The first kappa shape index (κ1) is 11.4. The Morgan fingerprint density at radius 3 is 2.69 bits per heavy atom. The summed E-state index contributed by atoms with van der Waals surface area (Å²) >= 11 is 9.11. The molecular weight excluding hydrogens is 293 g/mol. The summed E-state index contributed by atoms with van der Waals surface area (Å²) in [7, 11) is 1.75. The Morgan fingerprint density at radius 2 is 2.12 bits per heavy atom. The third kappa shape index (κ3) is 2.54. The van der Waals surface area contributed by atoms with E-state index in [9.17, 15) is 0 Å². The smallest absolute Gasteiger partial charge is 0.321 e. The normalized spacial score (nSPS) is 10.5. The van der Waals surface area contributed by atoms with Crippen LogP contribution in [0.1, 0.15) is 5.56 Å². The van der Waals surface area contributed by atoms with Crippen molar-refractivity contribution < 1.29 is 4.74 Å². The Bertz CT molecular complexity index is 507. The van der Waals surface area contributed by atoms with Crippen LogP contribution in [-0.2, 0) is 7.05 Å². The fourth-order valence-corrected chi connectivity index (χ4v) is 1.97. The summed E-state index contributed by atoms with van der Waals surface area (Å²) in [5, 5.41) is 4.65. The minimum atomic E-state index is 0.411. The quantitative estimate of drug-likeness (QED) is 0.854. The summed E-state index contributed by atoms with van der Waals surface area (Å²) in [5.74, 6) is 0.646. The first-order chi connectivity index (χ1) is 7.54. The van der Waals surface area contributed by atoms with E-state index in [4.69, 9.17) is 16.3 Å². The third-order valence-electron chi connectivity index (χ3n) is 1.92. The zero-order valence-electron chi connectivity index (χ0n) is 8.74. The third-order valence-corrected chi connectivity index (χ3v) is 2.48. The van der Waals surface area contributed by atoms with E-state index in [1.165, 1.54) is 0 Å². The predicted molar refractivity (Wildman–Crippen MR) is 65.0 cm³/mol. The lowest BCUT2D eigenvalue weighted by Gasteiger charge is -2.05. The number of aromatic nitrogens is 3. The van der Waals surface area contributed by atoms with Gasteiger partial charge in [0.05, 0.1) is 0 Å². The molecule has 16 heavy (non-hydrogen) atoms. The van der Waals surface area contributed by atoms with Gasteiger partial charge in [-0.2, -0.15) is 4.98 Å². The molecule has 0 saturated carbocycles. The molecule has 1 aromatic heterocycles. The molecule has 4 nitrogen and oxygen atoms in total. The summed E-state index contributed by atoms with van der Waals surface area (Å²) in [6, 6.07) is 5.89. The van der Waals surface area contributed by atoms with E-state index in [2.05, 4.69) is 26.0 Å². The van der Waals surface area contributed by atoms with Crippen LogP contribution in [0.3, 0.4) is 0 Å². The Hall–Kier alpha value is -1.07. The predicted octanol–water partition coefficient (Wildman–Crippen LogP) is 3.33. The fraction of sp³-hybridized carbons (Fsp3) is 0.200.